The van der Waals surface area contributed by atoms with Gasteiger partial charge in [-0.15, -0.1) is 11.3 Å². The van der Waals surface area contributed by atoms with Crippen molar-refractivity contribution >= 4 is 32.6 Å². The largest absolute Gasteiger partial charge is 0.434 e. The lowest BCUT2D eigenvalue weighted by Gasteiger charge is -2.33. The second kappa shape index (κ2) is 7.37. The lowest BCUT2D eigenvalue weighted by atomic mass is 10.2. The molecule has 0 radical (unpaired) electrons. The molecule has 1 aromatic carbocycles. The molecule has 26 heavy (non-hydrogen) atoms. The molecule has 0 spiro atoms. The lowest BCUT2D eigenvalue weighted by Crippen LogP contribution is -2.48. The zero-order valence-electron chi connectivity index (χ0n) is 13.6. The van der Waals surface area contributed by atoms with Crippen LogP contribution in [0.3, 0.4) is 0 Å². The predicted molar refractivity (Wildman–Crippen MR) is 95.3 cm³/mol. The van der Waals surface area contributed by atoms with Crippen LogP contribution in [0.2, 0.25) is 0 Å². The summed E-state index contributed by atoms with van der Waals surface area (Å²) in [5.74, 6) is 0. The molecule has 1 saturated heterocycles. The van der Waals surface area contributed by atoms with Crippen LogP contribution in [0.5, 0.6) is 0 Å². The molecule has 0 saturated carbocycles. The monoisotopic (exact) mass is 403 g/mol. The van der Waals surface area contributed by atoms with Crippen LogP contribution in [-0.4, -0.2) is 43.9 Å². The number of anilines is 1. The van der Waals surface area contributed by atoms with Crippen LogP contribution in [0.1, 0.15) is 11.3 Å². The van der Waals surface area contributed by atoms with Crippen molar-refractivity contribution in [3.63, 3.8) is 0 Å². The summed E-state index contributed by atoms with van der Waals surface area (Å²) < 4.78 is 64.0. The SMILES string of the molecule is O=S(=O)(/C=C/c1ccccc1)N1CCN(c2nc(C(F)(F)F)cs2)CC1. The van der Waals surface area contributed by atoms with E-state index in [-0.39, 0.29) is 18.2 Å². The van der Waals surface area contributed by atoms with Crippen molar-refractivity contribution in [2.45, 2.75) is 6.18 Å². The minimum absolute atomic E-state index is 0.197. The summed E-state index contributed by atoms with van der Waals surface area (Å²) in [5.41, 5.74) is -0.143. The second-order valence-corrected chi connectivity index (χ2v) is 8.31. The van der Waals surface area contributed by atoms with Gasteiger partial charge in [-0.2, -0.15) is 17.5 Å². The predicted octanol–water partition coefficient (Wildman–Crippen LogP) is 3.28. The van der Waals surface area contributed by atoms with E-state index in [4.69, 9.17) is 0 Å². The van der Waals surface area contributed by atoms with Gasteiger partial charge in [0.1, 0.15) is 0 Å². The Morgan fingerprint density at radius 2 is 1.73 bits per heavy atom. The Bertz CT molecular complexity index is 872. The van der Waals surface area contributed by atoms with E-state index in [1.165, 1.54) is 10.4 Å². The van der Waals surface area contributed by atoms with Crippen LogP contribution in [0.4, 0.5) is 18.3 Å². The normalized spacial score (nSPS) is 17.1. The number of hydrogen-bond donors (Lipinski definition) is 0. The minimum Gasteiger partial charge on any atom is -0.345 e. The Kier molecular flexibility index (Phi) is 5.35. The average molecular weight is 403 g/mol. The van der Waals surface area contributed by atoms with Crippen LogP contribution in [0.15, 0.2) is 41.1 Å². The van der Waals surface area contributed by atoms with Gasteiger partial charge in [0.2, 0.25) is 10.0 Å². The number of piperazine rings is 1. The molecule has 10 heteroatoms. The van der Waals surface area contributed by atoms with Crippen molar-refractivity contribution in [3.8, 4) is 0 Å². The van der Waals surface area contributed by atoms with Crippen LogP contribution in [0.25, 0.3) is 6.08 Å². The molecule has 0 bridgehead atoms. The summed E-state index contributed by atoms with van der Waals surface area (Å²) in [4.78, 5) is 5.28. The van der Waals surface area contributed by atoms with E-state index in [9.17, 15) is 21.6 Å². The first-order valence-corrected chi connectivity index (χ1v) is 10.1. The Morgan fingerprint density at radius 1 is 1.08 bits per heavy atom. The van der Waals surface area contributed by atoms with E-state index in [0.29, 0.717) is 13.1 Å². The highest BCUT2D eigenvalue weighted by Crippen LogP contribution is 2.33. The Labute approximate surface area is 153 Å². The molecular weight excluding hydrogens is 387 g/mol. The number of halogens is 3. The van der Waals surface area contributed by atoms with E-state index in [0.717, 1.165) is 27.7 Å². The third kappa shape index (κ3) is 4.43. The van der Waals surface area contributed by atoms with Crippen LogP contribution in [-0.2, 0) is 16.2 Å². The van der Waals surface area contributed by atoms with Crippen molar-refractivity contribution in [1.82, 2.24) is 9.29 Å². The minimum atomic E-state index is -4.47. The topological polar surface area (TPSA) is 53.5 Å². The van der Waals surface area contributed by atoms with E-state index in [1.54, 1.807) is 17.0 Å². The molecule has 0 amide bonds. The summed E-state index contributed by atoms with van der Waals surface area (Å²) in [5, 5.41) is 2.39. The Balaban J connectivity index is 1.62. The second-order valence-electron chi connectivity index (χ2n) is 5.66. The highest BCUT2D eigenvalue weighted by molar-refractivity contribution is 7.92. The fourth-order valence-electron chi connectivity index (χ4n) is 2.49. The molecule has 1 aromatic heterocycles. The van der Waals surface area contributed by atoms with Crippen molar-refractivity contribution in [1.29, 1.82) is 0 Å². The number of benzene rings is 1. The zero-order chi connectivity index (χ0) is 18.8. The Hall–Kier alpha value is -1.91. The average Bonchev–Trinajstić information content (AvgIpc) is 3.12. The smallest absolute Gasteiger partial charge is 0.345 e. The molecule has 0 aliphatic carbocycles. The van der Waals surface area contributed by atoms with Gasteiger partial charge < -0.3 is 4.90 Å². The maximum atomic E-state index is 12.6. The van der Waals surface area contributed by atoms with Crippen molar-refractivity contribution in [3.05, 3.63) is 52.4 Å². The van der Waals surface area contributed by atoms with Crippen molar-refractivity contribution in [2.75, 3.05) is 31.1 Å². The molecule has 1 aliphatic heterocycles. The first kappa shape index (κ1) is 18.9. The van der Waals surface area contributed by atoms with Crippen LogP contribution in [0, 0.1) is 0 Å². The summed E-state index contributed by atoms with van der Waals surface area (Å²) in [7, 11) is -3.58. The number of alkyl halides is 3. The van der Waals surface area contributed by atoms with Gasteiger partial charge >= 0.3 is 6.18 Å². The van der Waals surface area contributed by atoms with Gasteiger partial charge in [0.15, 0.2) is 10.8 Å². The summed E-state index contributed by atoms with van der Waals surface area (Å²) in [6.45, 7) is 0.983. The number of sulfonamides is 1. The molecule has 1 fully saturated rings. The molecule has 1 aliphatic rings. The maximum Gasteiger partial charge on any atom is 0.434 e. The molecule has 2 heterocycles. The standard InChI is InChI=1S/C16H16F3N3O2S2/c17-16(18,19)14-12-25-15(20-14)21-7-9-22(10-8-21)26(23,24)11-6-13-4-2-1-3-5-13/h1-6,11-12H,7-10H2/b11-6+. The molecule has 3 rings (SSSR count). The molecule has 5 nitrogen and oxygen atoms in total. The molecule has 0 unspecified atom stereocenters. The highest BCUT2D eigenvalue weighted by Gasteiger charge is 2.35. The summed E-state index contributed by atoms with van der Waals surface area (Å²) in [6.07, 6.45) is -2.94. The van der Waals surface area contributed by atoms with Crippen molar-refractivity contribution < 1.29 is 21.6 Å². The summed E-state index contributed by atoms with van der Waals surface area (Å²) >= 11 is 0.912. The number of thiazole rings is 1. The van der Waals surface area contributed by atoms with E-state index >= 15 is 0 Å². The third-order valence-electron chi connectivity index (χ3n) is 3.88. The summed E-state index contributed by atoms with van der Waals surface area (Å²) in [6, 6.07) is 9.06. The maximum absolute atomic E-state index is 12.6. The highest BCUT2D eigenvalue weighted by atomic mass is 32.2. The van der Waals surface area contributed by atoms with Gasteiger partial charge in [0.05, 0.1) is 0 Å². The van der Waals surface area contributed by atoms with Crippen LogP contribution >= 0.6 is 11.3 Å². The molecule has 2 aromatic rings. The first-order valence-electron chi connectivity index (χ1n) is 7.77. The molecule has 0 N–H and O–H groups in total. The zero-order valence-corrected chi connectivity index (χ0v) is 15.2. The van der Waals surface area contributed by atoms with Gasteiger partial charge in [-0.05, 0) is 11.6 Å². The number of nitrogens with zero attached hydrogens (tertiary/aromatic N) is 3. The van der Waals surface area contributed by atoms with Crippen molar-refractivity contribution in [2.24, 2.45) is 0 Å². The number of aromatic nitrogens is 1. The van der Waals surface area contributed by atoms with Gasteiger partial charge in [-0.25, -0.2) is 13.4 Å². The quantitative estimate of drug-likeness (QED) is 0.786. The molecular formula is C16H16F3N3O2S2. The van der Waals surface area contributed by atoms with Gasteiger partial charge in [-0.3, -0.25) is 0 Å². The Morgan fingerprint density at radius 3 is 2.31 bits per heavy atom. The van der Waals surface area contributed by atoms with E-state index in [1.807, 2.05) is 18.2 Å². The molecule has 140 valence electrons. The fourth-order valence-corrected chi connectivity index (χ4v) is 4.55. The third-order valence-corrected chi connectivity index (χ3v) is 6.35. The fraction of sp³-hybridized carbons (Fsp3) is 0.312. The molecule has 0 atom stereocenters. The van der Waals surface area contributed by atoms with E-state index in [2.05, 4.69) is 4.98 Å². The van der Waals surface area contributed by atoms with Gasteiger partial charge in [0.25, 0.3) is 0 Å². The van der Waals surface area contributed by atoms with Crippen LogP contribution < -0.4 is 4.90 Å². The van der Waals surface area contributed by atoms with E-state index < -0.39 is 21.9 Å². The number of hydrogen-bond acceptors (Lipinski definition) is 5. The lowest BCUT2D eigenvalue weighted by molar-refractivity contribution is -0.140. The number of rotatable bonds is 4. The first-order chi connectivity index (χ1) is 12.3. The van der Waals surface area contributed by atoms with Gasteiger partial charge in [0, 0.05) is 37.0 Å². The van der Waals surface area contributed by atoms with Gasteiger partial charge in [-0.1, -0.05) is 30.3 Å².